The summed E-state index contributed by atoms with van der Waals surface area (Å²) < 4.78 is 0. The fraction of sp³-hybridized carbons (Fsp3) is 0.0833. The van der Waals surface area contributed by atoms with Crippen LogP contribution in [0.4, 0.5) is 5.82 Å². The summed E-state index contributed by atoms with van der Waals surface area (Å²) in [4.78, 5) is 19.5. The van der Waals surface area contributed by atoms with E-state index in [0.29, 0.717) is 10.8 Å². The molecule has 0 aliphatic rings. The fourth-order valence-corrected chi connectivity index (χ4v) is 1.65. The minimum atomic E-state index is -0.186. The zero-order valence-corrected chi connectivity index (χ0v) is 10.7. The van der Waals surface area contributed by atoms with Gasteiger partial charge in [0.25, 0.3) is 0 Å². The largest absolute Gasteiger partial charge is 0.309 e. The molecule has 4 nitrogen and oxygen atoms in total. The summed E-state index contributed by atoms with van der Waals surface area (Å²) in [7, 11) is 0. The van der Waals surface area contributed by atoms with E-state index in [1.54, 1.807) is 24.3 Å². The van der Waals surface area contributed by atoms with Gasteiger partial charge in [0.05, 0.1) is 18.8 Å². The molecule has 0 spiro atoms. The molecule has 18 heavy (non-hydrogen) atoms. The molecular weight excluding hydrogens is 273 g/mol. The lowest BCUT2D eigenvalue weighted by atomic mass is 10.1. The molecule has 0 radical (unpaired) electrons. The highest BCUT2D eigenvalue weighted by atomic mass is 35.5. The number of carbonyl (C=O) groups excluding carboxylic acids is 1. The molecule has 1 amide bonds. The monoisotopic (exact) mass is 281 g/mol. The van der Waals surface area contributed by atoms with E-state index in [1.807, 2.05) is 0 Å². The number of hydrogen-bond donors (Lipinski definition) is 1. The van der Waals surface area contributed by atoms with Crippen molar-refractivity contribution in [2.24, 2.45) is 0 Å². The first kappa shape index (κ1) is 12.8. The van der Waals surface area contributed by atoms with Gasteiger partial charge in [-0.2, -0.15) is 0 Å². The normalized spacial score (nSPS) is 10.1. The average molecular weight is 282 g/mol. The van der Waals surface area contributed by atoms with Crippen LogP contribution in [0.25, 0.3) is 0 Å². The average Bonchev–Trinajstić information content (AvgIpc) is 2.32. The molecule has 0 aliphatic heterocycles. The number of rotatable bonds is 3. The van der Waals surface area contributed by atoms with E-state index in [2.05, 4.69) is 15.3 Å². The summed E-state index contributed by atoms with van der Waals surface area (Å²) in [6.07, 6.45) is 3.08. The number of amides is 1. The smallest absolute Gasteiger partial charge is 0.229 e. The van der Waals surface area contributed by atoms with Crippen molar-refractivity contribution >= 4 is 34.9 Å². The van der Waals surface area contributed by atoms with Crippen LogP contribution >= 0.6 is 23.2 Å². The second-order valence-electron chi connectivity index (χ2n) is 3.58. The summed E-state index contributed by atoms with van der Waals surface area (Å²) in [6, 6.07) is 7.07. The molecule has 0 atom stereocenters. The minimum absolute atomic E-state index is 0.186. The van der Waals surface area contributed by atoms with Crippen molar-refractivity contribution in [3.05, 3.63) is 52.4 Å². The van der Waals surface area contributed by atoms with Gasteiger partial charge in [0.15, 0.2) is 5.82 Å². The van der Waals surface area contributed by atoms with E-state index in [9.17, 15) is 4.79 Å². The third-order valence-corrected chi connectivity index (χ3v) is 2.58. The van der Waals surface area contributed by atoms with Crippen molar-refractivity contribution < 1.29 is 4.79 Å². The summed E-state index contributed by atoms with van der Waals surface area (Å²) in [5.74, 6) is 0.148. The Hall–Kier alpha value is -1.65. The molecule has 2 rings (SSSR count). The molecule has 1 aromatic heterocycles. The van der Waals surface area contributed by atoms with Crippen molar-refractivity contribution in [1.82, 2.24) is 9.97 Å². The summed E-state index contributed by atoms with van der Waals surface area (Å²) in [6.45, 7) is 0. The first-order valence-corrected chi connectivity index (χ1v) is 5.91. The number of nitrogens with one attached hydrogen (secondary N) is 1. The van der Waals surface area contributed by atoms with Gasteiger partial charge in [-0.25, -0.2) is 4.98 Å². The third-order valence-electron chi connectivity index (χ3n) is 2.15. The molecule has 92 valence electrons. The van der Waals surface area contributed by atoms with Gasteiger partial charge in [-0.3, -0.25) is 9.78 Å². The predicted octanol–water partition coefficient (Wildman–Crippen LogP) is 2.96. The molecule has 0 saturated carbocycles. The lowest BCUT2D eigenvalue weighted by Gasteiger charge is -2.04. The Bertz CT molecular complexity index is 558. The van der Waals surface area contributed by atoms with E-state index < -0.39 is 0 Å². The van der Waals surface area contributed by atoms with Crippen molar-refractivity contribution in [3.8, 4) is 0 Å². The minimum Gasteiger partial charge on any atom is -0.309 e. The molecule has 0 saturated heterocycles. The Labute approximate surface area is 114 Å². The molecule has 0 bridgehead atoms. The van der Waals surface area contributed by atoms with Crippen LogP contribution < -0.4 is 5.32 Å². The second kappa shape index (κ2) is 5.80. The SMILES string of the molecule is O=C(Cc1ccc(Cl)cc1)Nc1cncc(Cl)n1. The Morgan fingerprint density at radius 3 is 2.56 bits per heavy atom. The highest BCUT2D eigenvalue weighted by Crippen LogP contribution is 2.11. The third kappa shape index (κ3) is 3.68. The van der Waals surface area contributed by atoms with Gasteiger partial charge in [-0.1, -0.05) is 35.3 Å². The van der Waals surface area contributed by atoms with Crippen LogP contribution in [-0.2, 0) is 11.2 Å². The Kier molecular flexibility index (Phi) is 4.12. The topological polar surface area (TPSA) is 54.9 Å². The maximum absolute atomic E-state index is 11.7. The molecule has 0 fully saturated rings. The number of benzene rings is 1. The van der Waals surface area contributed by atoms with Gasteiger partial charge < -0.3 is 5.32 Å². The molecule has 2 aromatic rings. The quantitative estimate of drug-likeness (QED) is 0.941. The van der Waals surface area contributed by atoms with Crippen LogP contribution in [0.5, 0.6) is 0 Å². The molecule has 1 N–H and O–H groups in total. The number of aromatic nitrogens is 2. The van der Waals surface area contributed by atoms with Gasteiger partial charge in [0.1, 0.15) is 5.15 Å². The van der Waals surface area contributed by atoms with Gasteiger partial charge >= 0.3 is 0 Å². The molecule has 0 aliphatic carbocycles. The van der Waals surface area contributed by atoms with Gasteiger partial charge in [0, 0.05) is 5.02 Å². The first-order valence-electron chi connectivity index (χ1n) is 5.15. The number of anilines is 1. The van der Waals surface area contributed by atoms with Gasteiger partial charge in [-0.05, 0) is 17.7 Å². The number of carbonyl (C=O) groups is 1. The molecule has 6 heteroatoms. The standard InChI is InChI=1S/C12H9Cl2N3O/c13-9-3-1-8(2-4-9)5-12(18)17-11-7-15-6-10(14)16-11/h1-4,6-7H,5H2,(H,16,17,18). The lowest BCUT2D eigenvalue weighted by molar-refractivity contribution is -0.115. The summed E-state index contributed by atoms with van der Waals surface area (Å²) in [5.41, 5.74) is 0.867. The summed E-state index contributed by atoms with van der Waals surface area (Å²) in [5, 5.41) is 3.49. The maximum atomic E-state index is 11.7. The van der Waals surface area contributed by atoms with Crippen molar-refractivity contribution in [2.45, 2.75) is 6.42 Å². The zero-order chi connectivity index (χ0) is 13.0. The number of hydrogen-bond acceptors (Lipinski definition) is 3. The zero-order valence-electron chi connectivity index (χ0n) is 9.23. The first-order chi connectivity index (χ1) is 8.63. The Morgan fingerprint density at radius 2 is 1.89 bits per heavy atom. The highest BCUT2D eigenvalue weighted by Gasteiger charge is 2.05. The van der Waals surface area contributed by atoms with E-state index in [0.717, 1.165) is 5.56 Å². The number of nitrogens with zero attached hydrogens (tertiary/aromatic N) is 2. The van der Waals surface area contributed by atoms with Crippen molar-refractivity contribution in [3.63, 3.8) is 0 Å². The maximum Gasteiger partial charge on any atom is 0.229 e. The summed E-state index contributed by atoms with van der Waals surface area (Å²) >= 11 is 11.4. The van der Waals surface area contributed by atoms with Crippen LogP contribution in [0.15, 0.2) is 36.7 Å². The lowest BCUT2D eigenvalue weighted by Crippen LogP contribution is -2.15. The van der Waals surface area contributed by atoms with Crippen LogP contribution in [-0.4, -0.2) is 15.9 Å². The van der Waals surface area contributed by atoms with Gasteiger partial charge in [0.2, 0.25) is 5.91 Å². The molecular formula is C12H9Cl2N3O. The van der Waals surface area contributed by atoms with Crippen LogP contribution in [0.3, 0.4) is 0 Å². The van der Waals surface area contributed by atoms with E-state index in [1.165, 1.54) is 12.4 Å². The molecule has 1 heterocycles. The predicted molar refractivity (Wildman–Crippen MR) is 70.8 cm³/mol. The van der Waals surface area contributed by atoms with Crippen LogP contribution in [0, 0.1) is 0 Å². The molecule has 0 unspecified atom stereocenters. The van der Waals surface area contributed by atoms with E-state index in [-0.39, 0.29) is 17.5 Å². The highest BCUT2D eigenvalue weighted by molar-refractivity contribution is 6.30. The van der Waals surface area contributed by atoms with Crippen molar-refractivity contribution in [1.29, 1.82) is 0 Å². The van der Waals surface area contributed by atoms with E-state index >= 15 is 0 Å². The van der Waals surface area contributed by atoms with E-state index in [4.69, 9.17) is 23.2 Å². The Balaban J connectivity index is 1.98. The van der Waals surface area contributed by atoms with Crippen molar-refractivity contribution in [2.75, 3.05) is 5.32 Å². The second-order valence-corrected chi connectivity index (χ2v) is 4.40. The molecule has 1 aromatic carbocycles. The number of halogens is 2. The fourth-order valence-electron chi connectivity index (χ4n) is 1.38. The van der Waals surface area contributed by atoms with Crippen LogP contribution in [0.2, 0.25) is 10.2 Å². The van der Waals surface area contributed by atoms with Gasteiger partial charge in [-0.15, -0.1) is 0 Å². The van der Waals surface area contributed by atoms with Crippen LogP contribution in [0.1, 0.15) is 5.56 Å². The Morgan fingerprint density at radius 1 is 1.17 bits per heavy atom.